The van der Waals surface area contributed by atoms with Gasteiger partial charge in [-0.15, -0.1) is 11.3 Å². The molecule has 5 rings (SSSR count). The Morgan fingerprint density at radius 1 is 1.17 bits per heavy atom. The molecule has 0 saturated carbocycles. The molecule has 1 aliphatic heterocycles. The van der Waals surface area contributed by atoms with Gasteiger partial charge >= 0.3 is 5.97 Å². The summed E-state index contributed by atoms with van der Waals surface area (Å²) in [6.07, 6.45) is -0.592. The summed E-state index contributed by atoms with van der Waals surface area (Å²) >= 11 is 8.16. The lowest BCUT2D eigenvalue weighted by Gasteiger charge is -2.15. The minimum Gasteiger partial charge on any atom is -0.478 e. The zero-order valence-electron chi connectivity index (χ0n) is 15.8. The second-order valence-corrected chi connectivity index (χ2v) is 8.42. The Morgan fingerprint density at radius 3 is 2.80 bits per heavy atom. The first-order valence-electron chi connectivity index (χ1n) is 9.21. The summed E-state index contributed by atoms with van der Waals surface area (Å²) in [5.41, 5.74) is 2.30. The van der Waals surface area contributed by atoms with E-state index in [1.807, 2.05) is 18.2 Å². The van der Waals surface area contributed by atoms with Gasteiger partial charge in [0.2, 0.25) is 6.35 Å². The predicted octanol–water partition coefficient (Wildman–Crippen LogP) is 5.82. The molecule has 4 aromatic rings. The highest BCUT2D eigenvalue weighted by Gasteiger charge is 2.25. The van der Waals surface area contributed by atoms with Gasteiger partial charge in [-0.05, 0) is 48.2 Å². The number of hydrogen-bond donors (Lipinski definition) is 3. The van der Waals surface area contributed by atoms with Crippen LogP contribution in [0.5, 0.6) is 5.75 Å². The zero-order chi connectivity index (χ0) is 20.8. The van der Waals surface area contributed by atoms with Gasteiger partial charge in [0.25, 0.3) is 0 Å². The largest absolute Gasteiger partial charge is 0.478 e. The molecule has 2 aromatic carbocycles. The van der Waals surface area contributed by atoms with Gasteiger partial charge < -0.3 is 20.5 Å². The molecule has 8 heteroatoms. The number of benzene rings is 2. The molecule has 0 radical (unpaired) electrons. The number of carbonyl (C=O) groups is 1. The van der Waals surface area contributed by atoms with Crippen LogP contribution in [0.4, 0.5) is 11.5 Å². The van der Waals surface area contributed by atoms with E-state index in [4.69, 9.17) is 21.3 Å². The molecule has 2 aromatic heterocycles. The van der Waals surface area contributed by atoms with Crippen LogP contribution in [0.3, 0.4) is 0 Å². The van der Waals surface area contributed by atoms with Crippen molar-refractivity contribution >= 4 is 50.5 Å². The lowest BCUT2D eigenvalue weighted by atomic mass is 10.1. The first-order valence-corrected chi connectivity index (χ1v) is 10.4. The monoisotopic (exact) mass is 437 g/mol. The first kappa shape index (κ1) is 18.7. The molecule has 6 nitrogen and oxygen atoms in total. The van der Waals surface area contributed by atoms with E-state index in [1.165, 1.54) is 10.8 Å². The summed E-state index contributed by atoms with van der Waals surface area (Å²) in [4.78, 5) is 17.0. The van der Waals surface area contributed by atoms with Crippen molar-refractivity contribution in [2.45, 2.75) is 13.3 Å². The standard InChI is InChI=1S/C22H16ClN3O3S/c1-11-6-7-13(9-14(11)21(27)28)29-22-24-16-10-15(23)19(25-20(16)26-22)18-8-12-4-2-3-5-17(12)30-18/h2-10,22,24H,1H3,(H,25,26)(H,27,28). The fourth-order valence-corrected chi connectivity index (χ4v) is 4.76. The number of rotatable bonds is 4. The Bertz CT molecular complexity index is 1270. The van der Waals surface area contributed by atoms with Gasteiger partial charge in [0.05, 0.1) is 21.2 Å². The second kappa shape index (κ2) is 7.19. The van der Waals surface area contributed by atoms with Crippen molar-refractivity contribution in [3.05, 3.63) is 70.7 Å². The molecule has 0 aliphatic carbocycles. The number of nitrogens with one attached hydrogen (secondary N) is 2. The Morgan fingerprint density at radius 2 is 2.00 bits per heavy atom. The molecule has 3 heterocycles. The van der Waals surface area contributed by atoms with Crippen LogP contribution in [-0.4, -0.2) is 22.4 Å². The number of halogens is 1. The summed E-state index contributed by atoms with van der Waals surface area (Å²) in [6.45, 7) is 1.75. The highest BCUT2D eigenvalue weighted by atomic mass is 35.5. The molecule has 1 aliphatic rings. The lowest BCUT2D eigenvalue weighted by molar-refractivity contribution is 0.0695. The second-order valence-electron chi connectivity index (χ2n) is 6.93. The smallest absolute Gasteiger partial charge is 0.336 e. The average Bonchev–Trinajstić information content (AvgIpc) is 3.31. The molecule has 3 N–H and O–H groups in total. The van der Waals surface area contributed by atoms with Crippen molar-refractivity contribution in [3.63, 3.8) is 0 Å². The van der Waals surface area contributed by atoms with Gasteiger partial charge in [-0.25, -0.2) is 9.78 Å². The number of anilines is 2. The number of carboxylic acid groups (broad SMARTS) is 1. The minimum atomic E-state index is -0.991. The summed E-state index contributed by atoms with van der Waals surface area (Å²) in [6, 6.07) is 17.0. The number of aromatic carboxylic acids is 1. The fraction of sp³-hybridized carbons (Fsp3) is 0.0909. The molecule has 0 fully saturated rings. The number of pyridine rings is 1. The highest BCUT2D eigenvalue weighted by molar-refractivity contribution is 7.22. The van der Waals surface area contributed by atoms with Crippen molar-refractivity contribution in [3.8, 4) is 16.3 Å². The van der Waals surface area contributed by atoms with Crippen LogP contribution in [0.15, 0.2) is 54.6 Å². The molecule has 150 valence electrons. The molecule has 0 spiro atoms. The predicted molar refractivity (Wildman–Crippen MR) is 120 cm³/mol. The molecule has 0 saturated heterocycles. The quantitative estimate of drug-likeness (QED) is 0.373. The molecular weight excluding hydrogens is 422 g/mol. The maximum absolute atomic E-state index is 11.4. The number of ether oxygens (including phenoxy) is 1. The number of aryl methyl sites for hydroxylation is 1. The van der Waals surface area contributed by atoms with Gasteiger partial charge in [0.15, 0.2) is 5.82 Å². The third-order valence-electron chi connectivity index (χ3n) is 4.88. The number of aromatic nitrogens is 1. The normalized spacial score (nSPS) is 14.8. The topological polar surface area (TPSA) is 83.5 Å². The number of hydrogen-bond acceptors (Lipinski definition) is 6. The van der Waals surface area contributed by atoms with Crippen molar-refractivity contribution in [1.82, 2.24) is 4.98 Å². The van der Waals surface area contributed by atoms with E-state index in [0.717, 1.165) is 16.0 Å². The van der Waals surface area contributed by atoms with E-state index >= 15 is 0 Å². The van der Waals surface area contributed by atoms with E-state index in [-0.39, 0.29) is 5.56 Å². The summed E-state index contributed by atoms with van der Waals surface area (Å²) in [7, 11) is 0. The van der Waals surface area contributed by atoms with Gasteiger partial charge in [-0.1, -0.05) is 35.9 Å². The summed E-state index contributed by atoms with van der Waals surface area (Å²) < 4.78 is 7.04. The number of fused-ring (bicyclic) bond motifs is 2. The van der Waals surface area contributed by atoms with Crippen LogP contribution in [0, 0.1) is 6.92 Å². The summed E-state index contributed by atoms with van der Waals surface area (Å²) in [5, 5.41) is 17.3. The third kappa shape index (κ3) is 3.32. The Kier molecular flexibility index (Phi) is 4.49. The number of thiophene rings is 1. The SMILES string of the molecule is Cc1ccc(OC2Nc3cc(Cl)c(-c4cc5ccccc5s4)nc3N2)cc1C(=O)O. The van der Waals surface area contributed by atoms with Crippen molar-refractivity contribution in [2.24, 2.45) is 0 Å². The van der Waals surface area contributed by atoms with Crippen molar-refractivity contribution in [2.75, 3.05) is 10.6 Å². The van der Waals surface area contributed by atoms with Crippen LogP contribution in [0.25, 0.3) is 20.7 Å². The summed E-state index contributed by atoms with van der Waals surface area (Å²) in [5.74, 6) is 0.0732. The highest BCUT2D eigenvalue weighted by Crippen LogP contribution is 2.40. The van der Waals surface area contributed by atoms with Gasteiger partial charge in [-0.2, -0.15) is 0 Å². The van der Waals surface area contributed by atoms with Crippen molar-refractivity contribution in [1.29, 1.82) is 0 Å². The van der Waals surface area contributed by atoms with Crippen LogP contribution in [0.1, 0.15) is 15.9 Å². The van der Waals surface area contributed by atoms with Crippen LogP contribution >= 0.6 is 22.9 Å². The van der Waals surface area contributed by atoms with Crippen LogP contribution < -0.4 is 15.4 Å². The first-order chi connectivity index (χ1) is 14.5. The van der Waals surface area contributed by atoms with E-state index in [0.29, 0.717) is 27.8 Å². The van der Waals surface area contributed by atoms with E-state index in [2.05, 4.69) is 28.8 Å². The molecule has 1 atom stereocenters. The Balaban J connectivity index is 1.41. The minimum absolute atomic E-state index is 0.205. The van der Waals surface area contributed by atoms with E-state index in [9.17, 15) is 9.90 Å². The Hall–Kier alpha value is -3.29. The van der Waals surface area contributed by atoms with Gasteiger partial charge in [0, 0.05) is 4.70 Å². The number of nitrogens with zero attached hydrogens (tertiary/aromatic N) is 1. The molecule has 0 bridgehead atoms. The fourth-order valence-electron chi connectivity index (χ4n) is 3.38. The maximum atomic E-state index is 11.4. The third-order valence-corrected chi connectivity index (χ3v) is 6.29. The maximum Gasteiger partial charge on any atom is 0.336 e. The molecule has 0 amide bonds. The zero-order valence-corrected chi connectivity index (χ0v) is 17.3. The van der Waals surface area contributed by atoms with Gasteiger partial charge in [-0.3, -0.25) is 0 Å². The number of carboxylic acids is 1. The van der Waals surface area contributed by atoms with E-state index < -0.39 is 12.3 Å². The molecule has 1 unspecified atom stereocenters. The average molecular weight is 438 g/mol. The Labute approximate surface area is 181 Å². The van der Waals surface area contributed by atoms with E-state index in [1.54, 1.807) is 30.4 Å². The van der Waals surface area contributed by atoms with Crippen molar-refractivity contribution < 1.29 is 14.6 Å². The molecule has 30 heavy (non-hydrogen) atoms. The van der Waals surface area contributed by atoms with Crippen LogP contribution in [-0.2, 0) is 0 Å². The molecular formula is C22H16ClN3O3S. The van der Waals surface area contributed by atoms with Crippen LogP contribution in [0.2, 0.25) is 5.02 Å². The van der Waals surface area contributed by atoms with Gasteiger partial charge in [0.1, 0.15) is 11.4 Å². The lowest BCUT2D eigenvalue weighted by Crippen LogP contribution is -2.29.